The number of carbonyl (C=O) groups is 1. The van der Waals surface area contributed by atoms with E-state index in [-0.39, 0.29) is 11.8 Å². The van der Waals surface area contributed by atoms with Gasteiger partial charge in [0.2, 0.25) is 0 Å². The Hall–Kier alpha value is -3.35. The number of nitrogens with one attached hydrogen (secondary N) is 1. The first-order valence-corrected chi connectivity index (χ1v) is 9.70. The van der Waals surface area contributed by atoms with Crippen molar-refractivity contribution in [2.45, 2.75) is 13.8 Å². The molecule has 2 amide bonds. The molecule has 4 rings (SSSR count). The van der Waals surface area contributed by atoms with Gasteiger partial charge < -0.3 is 15.1 Å². The molecule has 150 valence electrons. The van der Waals surface area contributed by atoms with Crippen LogP contribution in [0.4, 0.5) is 20.6 Å². The molecule has 3 aromatic rings. The van der Waals surface area contributed by atoms with Gasteiger partial charge in [-0.15, -0.1) is 0 Å². The molecular formula is C22H24FN5O. The molecule has 29 heavy (non-hydrogen) atoms. The van der Waals surface area contributed by atoms with Crippen LogP contribution in [-0.4, -0.2) is 46.9 Å². The summed E-state index contributed by atoms with van der Waals surface area (Å²) in [6.07, 6.45) is 0. The van der Waals surface area contributed by atoms with Crippen LogP contribution >= 0.6 is 0 Å². The zero-order valence-electron chi connectivity index (χ0n) is 16.6. The lowest BCUT2D eigenvalue weighted by Crippen LogP contribution is -2.50. The molecule has 6 nitrogen and oxygen atoms in total. The van der Waals surface area contributed by atoms with Crippen molar-refractivity contribution in [3.63, 3.8) is 0 Å². The Kier molecular flexibility index (Phi) is 5.20. The van der Waals surface area contributed by atoms with Crippen molar-refractivity contribution in [3.8, 4) is 5.69 Å². The normalized spacial score (nSPS) is 14.2. The molecule has 0 atom stereocenters. The zero-order chi connectivity index (χ0) is 20.4. The molecule has 1 aliphatic rings. The SMILES string of the molecule is Cc1cc(C)n(-c2cccc(NC(=O)N3CCN(c4ccc(F)cc4)CC3)c2)n1. The Morgan fingerprint density at radius 2 is 1.69 bits per heavy atom. The van der Waals surface area contributed by atoms with Gasteiger partial charge in [-0.1, -0.05) is 6.07 Å². The van der Waals surface area contributed by atoms with Gasteiger partial charge in [0.1, 0.15) is 5.82 Å². The Morgan fingerprint density at radius 3 is 2.34 bits per heavy atom. The standard InChI is InChI=1S/C22H24FN5O/c1-16-14-17(2)28(25-16)21-5-3-4-19(15-21)24-22(29)27-12-10-26(11-13-27)20-8-6-18(23)7-9-20/h3-9,14-15H,10-13H2,1-2H3,(H,24,29). The van der Waals surface area contributed by atoms with E-state index in [1.807, 2.05) is 48.9 Å². The van der Waals surface area contributed by atoms with E-state index in [0.29, 0.717) is 26.2 Å². The summed E-state index contributed by atoms with van der Waals surface area (Å²) >= 11 is 0. The summed E-state index contributed by atoms with van der Waals surface area (Å²) in [5, 5.41) is 7.49. The lowest BCUT2D eigenvalue weighted by atomic mass is 10.2. The molecule has 0 saturated carbocycles. The van der Waals surface area contributed by atoms with Crippen LogP contribution in [0.3, 0.4) is 0 Å². The highest BCUT2D eigenvalue weighted by Crippen LogP contribution is 2.19. The van der Waals surface area contributed by atoms with Gasteiger partial charge in [-0.2, -0.15) is 5.10 Å². The lowest BCUT2D eigenvalue weighted by molar-refractivity contribution is 0.208. The van der Waals surface area contributed by atoms with Crippen LogP contribution in [0.2, 0.25) is 0 Å². The maximum absolute atomic E-state index is 13.1. The maximum Gasteiger partial charge on any atom is 0.321 e. The summed E-state index contributed by atoms with van der Waals surface area (Å²) < 4.78 is 15.0. The third kappa shape index (κ3) is 4.23. The van der Waals surface area contributed by atoms with E-state index >= 15 is 0 Å². The molecule has 1 N–H and O–H groups in total. The molecule has 1 aliphatic heterocycles. The van der Waals surface area contributed by atoms with Crippen LogP contribution < -0.4 is 10.2 Å². The molecule has 7 heteroatoms. The monoisotopic (exact) mass is 393 g/mol. The maximum atomic E-state index is 13.1. The molecule has 0 bridgehead atoms. The number of rotatable bonds is 3. The molecule has 1 fully saturated rings. The summed E-state index contributed by atoms with van der Waals surface area (Å²) in [6.45, 7) is 6.61. The van der Waals surface area contributed by atoms with E-state index in [1.165, 1.54) is 12.1 Å². The number of hydrogen-bond donors (Lipinski definition) is 1. The molecule has 0 unspecified atom stereocenters. The fourth-order valence-corrected chi connectivity index (χ4v) is 3.63. The lowest BCUT2D eigenvalue weighted by Gasteiger charge is -2.36. The third-order valence-electron chi connectivity index (χ3n) is 5.11. The van der Waals surface area contributed by atoms with E-state index in [9.17, 15) is 9.18 Å². The van der Waals surface area contributed by atoms with Crippen molar-refractivity contribution in [2.75, 3.05) is 36.4 Å². The van der Waals surface area contributed by atoms with Gasteiger partial charge >= 0.3 is 6.03 Å². The average molecular weight is 393 g/mol. The summed E-state index contributed by atoms with van der Waals surface area (Å²) in [5.41, 5.74) is 4.62. The van der Waals surface area contributed by atoms with Crippen molar-refractivity contribution in [1.82, 2.24) is 14.7 Å². The number of carbonyl (C=O) groups excluding carboxylic acids is 1. The van der Waals surface area contributed by atoms with Gasteiger partial charge in [-0.25, -0.2) is 13.9 Å². The fourth-order valence-electron chi connectivity index (χ4n) is 3.63. The molecule has 2 heterocycles. The molecule has 1 saturated heterocycles. The number of piperazine rings is 1. The van der Waals surface area contributed by atoms with Crippen LogP contribution in [0.1, 0.15) is 11.4 Å². The quantitative estimate of drug-likeness (QED) is 0.732. The predicted molar refractivity (Wildman–Crippen MR) is 112 cm³/mol. The van der Waals surface area contributed by atoms with Gasteiger partial charge in [0.25, 0.3) is 0 Å². The van der Waals surface area contributed by atoms with Crippen molar-refractivity contribution >= 4 is 17.4 Å². The Bertz CT molecular complexity index is 1010. The first-order chi connectivity index (χ1) is 14.0. The second kappa shape index (κ2) is 7.95. The molecule has 0 aliphatic carbocycles. The fraction of sp³-hybridized carbons (Fsp3) is 0.273. The summed E-state index contributed by atoms with van der Waals surface area (Å²) in [6, 6.07) is 16.1. The van der Waals surface area contributed by atoms with Crippen molar-refractivity contribution in [1.29, 1.82) is 0 Å². The first kappa shape index (κ1) is 19.0. The summed E-state index contributed by atoms with van der Waals surface area (Å²) in [4.78, 5) is 16.7. The van der Waals surface area contributed by atoms with Gasteiger partial charge in [0.05, 0.1) is 11.4 Å². The average Bonchev–Trinajstić information content (AvgIpc) is 3.07. The van der Waals surface area contributed by atoms with E-state index in [1.54, 1.807) is 17.0 Å². The highest BCUT2D eigenvalue weighted by atomic mass is 19.1. The van der Waals surface area contributed by atoms with Crippen molar-refractivity contribution in [3.05, 3.63) is 71.8 Å². The number of benzene rings is 2. The van der Waals surface area contributed by atoms with Crippen LogP contribution in [-0.2, 0) is 0 Å². The molecule has 0 radical (unpaired) electrons. The van der Waals surface area contributed by atoms with E-state index < -0.39 is 0 Å². The van der Waals surface area contributed by atoms with Crippen LogP contribution in [0.15, 0.2) is 54.6 Å². The minimum Gasteiger partial charge on any atom is -0.368 e. The minimum atomic E-state index is -0.241. The van der Waals surface area contributed by atoms with Crippen LogP contribution in [0.5, 0.6) is 0 Å². The zero-order valence-corrected chi connectivity index (χ0v) is 16.6. The largest absolute Gasteiger partial charge is 0.368 e. The Balaban J connectivity index is 1.38. The highest BCUT2D eigenvalue weighted by molar-refractivity contribution is 5.89. The topological polar surface area (TPSA) is 53.4 Å². The number of anilines is 2. The summed E-state index contributed by atoms with van der Waals surface area (Å²) in [5.74, 6) is -0.241. The second-order valence-electron chi connectivity index (χ2n) is 7.27. The number of urea groups is 1. The van der Waals surface area contributed by atoms with Crippen LogP contribution in [0.25, 0.3) is 5.69 Å². The van der Waals surface area contributed by atoms with Gasteiger partial charge in [-0.3, -0.25) is 0 Å². The van der Waals surface area contributed by atoms with Crippen molar-refractivity contribution < 1.29 is 9.18 Å². The van der Waals surface area contributed by atoms with E-state index in [2.05, 4.69) is 15.3 Å². The smallest absolute Gasteiger partial charge is 0.321 e. The van der Waals surface area contributed by atoms with Gasteiger partial charge in [0, 0.05) is 43.2 Å². The van der Waals surface area contributed by atoms with E-state index in [0.717, 1.165) is 28.5 Å². The number of aromatic nitrogens is 2. The molecule has 1 aromatic heterocycles. The van der Waals surface area contributed by atoms with E-state index in [4.69, 9.17) is 0 Å². The highest BCUT2D eigenvalue weighted by Gasteiger charge is 2.21. The van der Waals surface area contributed by atoms with Gasteiger partial charge in [-0.05, 0) is 62.4 Å². The van der Waals surface area contributed by atoms with Crippen molar-refractivity contribution in [2.24, 2.45) is 0 Å². The Labute approximate surface area is 169 Å². The number of hydrogen-bond acceptors (Lipinski definition) is 3. The van der Waals surface area contributed by atoms with Gasteiger partial charge in [0.15, 0.2) is 0 Å². The van der Waals surface area contributed by atoms with Crippen LogP contribution in [0, 0.1) is 19.7 Å². The minimum absolute atomic E-state index is 0.116. The number of halogens is 1. The summed E-state index contributed by atoms with van der Waals surface area (Å²) in [7, 11) is 0. The predicted octanol–water partition coefficient (Wildman–Crippen LogP) is 3.98. The third-order valence-corrected chi connectivity index (χ3v) is 5.11. The molecule has 2 aromatic carbocycles. The molecular weight excluding hydrogens is 369 g/mol. The number of aryl methyl sites for hydroxylation is 2. The molecule has 0 spiro atoms. The number of amides is 2. The number of nitrogens with zero attached hydrogens (tertiary/aromatic N) is 4. The first-order valence-electron chi connectivity index (χ1n) is 9.70. The second-order valence-corrected chi connectivity index (χ2v) is 7.27. The Morgan fingerprint density at radius 1 is 0.966 bits per heavy atom.